The predicted molar refractivity (Wildman–Crippen MR) is 90.0 cm³/mol. The molecule has 0 aromatic rings. The molecule has 1 N–H and O–H groups in total. The van der Waals surface area contributed by atoms with Crippen LogP contribution in [0.3, 0.4) is 0 Å². The van der Waals surface area contributed by atoms with Crippen LogP contribution in [-0.4, -0.2) is 24.0 Å². The molecule has 1 aliphatic rings. The van der Waals surface area contributed by atoms with Gasteiger partial charge in [0.1, 0.15) is 0 Å². The Kier molecular flexibility index (Phi) is 11.5. The minimum absolute atomic E-state index is 0.216. The molecule has 1 fully saturated rings. The molecule has 0 unspecified atom stereocenters. The number of rotatable bonds is 13. The van der Waals surface area contributed by atoms with E-state index < -0.39 is 0 Å². The lowest BCUT2D eigenvalue weighted by Gasteiger charge is -2.15. The number of nitrogens with zero attached hydrogens (tertiary/aromatic N) is 1. The van der Waals surface area contributed by atoms with Crippen LogP contribution in [0.5, 0.6) is 0 Å². The Morgan fingerprint density at radius 1 is 0.810 bits per heavy atom. The molecule has 1 rings (SSSR count). The first-order valence-electron chi connectivity index (χ1n) is 9.37. The van der Waals surface area contributed by atoms with Crippen molar-refractivity contribution in [2.45, 2.75) is 96.8 Å². The van der Waals surface area contributed by atoms with Crippen LogP contribution in [0.25, 0.3) is 0 Å². The van der Waals surface area contributed by atoms with Crippen molar-refractivity contribution >= 4 is 5.91 Å². The fourth-order valence-corrected chi connectivity index (χ4v) is 3.01. The van der Waals surface area contributed by atoms with Gasteiger partial charge in [0.25, 0.3) is 0 Å². The average Bonchev–Trinajstić information content (AvgIpc) is 2.97. The highest BCUT2D eigenvalue weighted by Gasteiger charge is 2.13. The first-order chi connectivity index (χ1) is 10.3. The summed E-state index contributed by atoms with van der Waals surface area (Å²) < 4.78 is 0. The summed E-state index contributed by atoms with van der Waals surface area (Å²) in [6.45, 7) is 4.33. The molecule has 0 spiro atoms. The van der Waals surface area contributed by atoms with Gasteiger partial charge in [0.2, 0.25) is 5.91 Å². The smallest absolute Gasteiger partial charge is 0.234 e. The average molecular weight is 296 g/mol. The molecule has 0 atom stereocenters. The van der Waals surface area contributed by atoms with Crippen molar-refractivity contribution in [2.24, 2.45) is 0 Å². The van der Waals surface area contributed by atoms with Gasteiger partial charge >= 0.3 is 0 Å². The molecule has 1 heterocycles. The number of carbonyl (C=O) groups is 1. The lowest BCUT2D eigenvalue weighted by Crippen LogP contribution is -2.39. The summed E-state index contributed by atoms with van der Waals surface area (Å²) in [6, 6.07) is 0. The van der Waals surface area contributed by atoms with E-state index in [1.54, 1.807) is 0 Å². The van der Waals surface area contributed by atoms with Crippen LogP contribution in [0.4, 0.5) is 0 Å². The maximum Gasteiger partial charge on any atom is 0.234 e. The monoisotopic (exact) mass is 296 g/mol. The largest absolute Gasteiger partial charge is 0.289 e. The van der Waals surface area contributed by atoms with E-state index in [4.69, 9.17) is 0 Å². The van der Waals surface area contributed by atoms with Crippen molar-refractivity contribution in [3.63, 3.8) is 0 Å². The Labute approximate surface area is 131 Å². The third-order valence-electron chi connectivity index (χ3n) is 4.40. The van der Waals surface area contributed by atoms with Gasteiger partial charge in [-0.25, -0.2) is 5.01 Å². The van der Waals surface area contributed by atoms with E-state index in [1.807, 2.05) is 0 Å². The quantitative estimate of drug-likeness (QED) is 0.494. The van der Waals surface area contributed by atoms with Crippen molar-refractivity contribution in [3.05, 3.63) is 0 Å². The number of nitrogens with one attached hydrogen (secondary N) is 1. The van der Waals surface area contributed by atoms with Gasteiger partial charge in [0.15, 0.2) is 0 Å². The number of hydrogen-bond acceptors (Lipinski definition) is 2. The zero-order valence-corrected chi connectivity index (χ0v) is 14.2. The van der Waals surface area contributed by atoms with E-state index >= 15 is 0 Å². The second-order valence-corrected chi connectivity index (χ2v) is 6.51. The summed E-state index contributed by atoms with van der Waals surface area (Å²) in [7, 11) is 0. The number of amides is 1. The van der Waals surface area contributed by atoms with E-state index in [-0.39, 0.29) is 5.91 Å². The van der Waals surface area contributed by atoms with Crippen molar-refractivity contribution in [3.8, 4) is 0 Å². The summed E-state index contributed by atoms with van der Waals surface area (Å²) in [5, 5.41) is 2.07. The molecule has 0 aromatic heterocycles. The maximum absolute atomic E-state index is 11.7. The standard InChI is InChI=1S/C18H36N2O/c1-2-3-4-5-6-7-8-9-10-11-12-15-18(21)19-20-16-13-14-17-20/h2-17H2,1H3,(H,19,21). The number of hydrogen-bond donors (Lipinski definition) is 1. The molecule has 1 amide bonds. The van der Waals surface area contributed by atoms with Gasteiger partial charge < -0.3 is 0 Å². The van der Waals surface area contributed by atoms with Gasteiger partial charge in [-0.05, 0) is 19.3 Å². The van der Waals surface area contributed by atoms with Crippen LogP contribution in [0.2, 0.25) is 0 Å². The Bertz CT molecular complexity index is 250. The minimum Gasteiger partial charge on any atom is -0.289 e. The molecule has 0 aliphatic carbocycles. The Hall–Kier alpha value is -0.570. The lowest BCUT2D eigenvalue weighted by atomic mass is 10.1. The fraction of sp³-hybridized carbons (Fsp3) is 0.944. The van der Waals surface area contributed by atoms with Crippen LogP contribution in [-0.2, 0) is 4.79 Å². The molecule has 3 nitrogen and oxygen atoms in total. The first kappa shape index (κ1) is 18.5. The summed E-state index contributed by atoms with van der Waals surface area (Å²) >= 11 is 0. The molecular weight excluding hydrogens is 260 g/mol. The summed E-state index contributed by atoms with van der Waals surface area (Å²) in [6.07, 6.45) is 17.8. The van der Waals surface area contributed by atoms with Crippen molar-refractivity contribution in [1.82, 2.24) is 10.4 Å². The third kappa shape index (κ3) is 10.8. The van der Waals surface area contributed by atoms with Crippen molar-refractivity contribution < 1.29 is 4.79 Å². The molecule has 1 saturated heterocycles. The van der Waals surface area contributed by atoms with Crippen LogP contribution < -0.4 is 5.43 Å². The molecule has 0 aromatic carbocycles. The lowest BCUT2D eigenvalue weighted by molar-refractivity contribution is -0.125. The third-order valence-corrected chi connectivity index (χ3v) is 4.40. The van der Waals surface area contributed by atoms with Gasteiger partial charge in [-0.3, -0.25) is 10.2 Å². The van der Waals surface area contributed by atoms with Crippen molar-refractivity contribution in [2.75, 3.05) is 13.1 Å². The second-order valence-electron chi connectivity index (χ2n) is 6.51. The van der Waals surface area contributed by atoms with E-state index in [2.05, 4.69) is 17.4 Å². The Balaban J connectivity index is 1.76. The normalized spacial score (nSPS) is 15.5. The zero-order chi connectivity index (χ0) is 15.2. The number of unbranched alkanes of at least 4 members (excludes halogenated alkanes) is 10. The molecule has 124 valence electrons. The SMILES string of the molecule is CCCCCCCCCCCCCC(=O)NN1CCCC1. The topological polar surface area (TPSA) is 32.3 Å². The van der Waals surface area contributed by atoms with E-state index in [0.29, 0.717) is 6.42 Å². The Morgan fingerprint density at radius 2 is 1.29 bits per heavy atom. The van der Waals surface area contributed by atoms with Gasteiger partial charge in [0.05, 0.1) is 0 Å². The van der Waals surface area contributed by atoms with Gasteiger partial charge in [-0.2, -0.15) is 0 Å². The van der Waals surface area contributed by atoms with Crippen molar-refractivity contribution in [1.29, 1.82) is 0 Å². The minimum atomic E-state index is 0.216. The van der Waals surface area contributed by atoms with Crippen LogP contribution >= 0.6 is 0 Å². The highest BCUT2D eigenvalue weighted by Crippen LogP contribution is 2.12. The highest BCUT2D eigenvalue weighted by molar-refractivity contribution is 5.75. The highest BCUT2D eigenvalue weighted by atomic mass is 16.2. The molecular formula is C18H36N2O. The van der Waals surface area contributed by atoms with Gasteiger partial charge in [-0.1, -0.05) is 71.1 Å². The predicted octanol–water partition coefficient (Wildman–Crippen LogP) is 4.81. The first-order valence-corrected chi connectivity index (χ1v) is 9.37. The molecule has 21 heavy (non-hydrogen) atoms. The van der Waals surface area contributed by atoms with Crippen LogP contribution in [0, 0.1) is 0 Å². The Morgan fingerprint density at radius 3 is 1.81 bits per heavy atom. The van der Waals surface area contributed by atoms with E-state index in [1.165, 1.54) is 77.0 Å². The zero-order valence-electron chi connectivity index (χ0n) is 14.2. The van der Waals surface area contributed by atoms with E-state index in [9.17, 15) is 4.79 Å². The van der Waals surface area contributed by atoms with Crippen LogP contribution in [0.1, 0.15) is 96.8 Å². The summed E-state index contributed by atoms with van der Waals surface area (Å²) in [5.41, 5.74) is 3.01. The number of carbonyl (C=O) groups excluding carboxylic acids is 1. The molecule has 0 radical (unpaired) electrons. The number of hydrazine groups is 1. The summed E-state index contributed by atoms with van der Waals surface area (Å²) in [5.74, 6) is 0.216. The van der Waals surface area contributed by atoms with Gasteiger partial charge in [0, 0.05) is 19.5 Å². The molecule has 0 saturated carbocycles. The van der Waals surface area contributed by atoms with Gasteiger partial charge in [-0.15, -0.1) is 0 Å². The maximum atomic E-state index is 11.7. The molecule has 1 aliphatic heterocycles. The molecule has 0 bridgehead atoms. The molecule has 3 heteroatoms. The van der Waals surface area contributed by atoms with Crippen LogP contribution in [0.15, 0.2) is 0 Å². The second kappa shape index (κ2) is 13.1. The van der Waals surface area contributed by atoms with E-state index in [0.717, 1.165) is 19.5 Å². The summed E-state index contributed by atoms with van der Waals surface area (Å²) in [4.78, 5) is 11.7. The fourth-order valence-electron chi connectivity index (χ4n) is 3.01.